The van der Waals surface area contributed by atoms with Gasteiger partial charge in [0.2, 0.25) is 0 Å². The van der Waals surface area contributed by atoms with E-state index in [4.69, 9.17) is 4.42 Å². The van der Waals surface area contributed by atoms with Crippen molar-refractivity contribution in [3.8, 4) is 0 Å². The van der Waals surface area contributed by atoms with Gasteiger partial charge >= 0.3 is 0 Å². The van der Waals surface area contributed by atoms with Gasteiger partial charge in [-0.25, -0.2) is 4.98 Å². The van der Waals surface area contributed by atoms with Crippen LogP contribution < -0.4 is 0 Å². The van der Waals surface area contributed by atoms with Crippen LogP contribution in [0.5, 0.6) is 0 Å². The molecule has 24 heavy (non-hydrogen) atoms. The van der Waals surface area contributed by atoms with Gasteiger partial charge in [-0.3, -0.25) is 9.69 Å². The average molecular weight is 329 g/mol. The summed E-state index contributed by atoms with van der Waals surface area (Å²) in [6.07, 6.45) is 10.1. The van der Waals surface area contributed by atoms with Crippen LogP contribution in [-0.2, 0) is 0 Å². The third-order valence-electron chi connectivity index (χ3n) is 7.19. The molecule has 1 aromatic heterocycles. The first kappa shape index (κ1) is 14.9. The summed E-state index contributed by atoms with van der Waals surface area (Å²) in [5.74, 6) is 3.60. The first-order chi connectivity index (χ1) is 11.6. The fourth-order valence-electron chi connectivity index (χ4n) is 6.50. The Morgan fingerprint density at radius 3 is 2.17 bits per heavy atom. The highest BCUT2D eigenvalue weighted by atomic mass is 16.3. The predicted octanol–water partition coefficient (Wildman–Crippen LogP) is 2.71. The van der Waals surface area contributed by atoms with E-state index in [1.54, 1.807) is 0 Å². The Morgan fingerprint density at radius 2 is 1.67 bits per heavy atom. The molecule has 1 amide bonds. The highest BCUT2D eigenvalue weighted by Gasteiger charge is 2.53. The number of aromatic nitrogens is 1. The van der Waals surface area contributed by atoms with Crippen LogP contribution in [0.25, 0.3) is 0 Å². The number of piperazine rings is 1. The second-order valence-corrected chi connectivity index (χ2v) is 8.68. The minimum atomic E-state index is 0.0337. The Labute approximate surface area is 143 Å². The standard InChI is InChI=1S/C19H27N3O2/c1-13-17(20-12-24-13)18(23)21-2-4-22(5-3-21)19-9-14-6-15(10-19)8-16(7-14)11-19/h12,14-16H,2-11H2,1H3. The van der Waals surface area contributed by atoms with Gasteiger partial charge in [0.05, 0.1) is 0 Å². The van der Waals surface area contributed by atoms with Crippen molar-refractivity contribution in [1.29, 1.82) is 0 Å². The van der Waals surface area contributed by atoms with Gasteiger partial charge in [0.15, 0.2) is 12.1 Å². The van der Waals surface area contributed by atoms with E-state index >= 15 is 0 Å². The molecule has 5 heteroatoms. The summed E-state index contributed by atoms with van der Waals surface area (Å²) in [5.41, 5.74) is 0.950. The van der Waals surface area contributed by atoms with Crippen LogP contribution in [0.2, 0.25) is 0 Å². The van der Waals surface area contributed by atoms with Crippen molar-refractivity contribution < 1.29 is 9.21 Å². The summed E-state index contributed by atoms with van der Waals surface area (Å²) in [5, 5.41) is 0. The highest BCUT2D eigenvalue weighted by Crippen LogP contribution is 2.57. The van der Waals surface area contributed by atoms with Crippen LogP contribution in [0, 0.1) is 24.7 Å². The molecule has 4 saturated carbocycles. The molecule has 0 spiro atoms. The lowest BCUT2D eigenvalue weighted by molar-refractivity contribution is -0.0987. The van der Waals surface area contributed by atoms with Crippen LogP contribution in [0.4, 0.5) is 0 Å². The van der Waals surface area contributed by atoms with Gasteiger partial charge in [-0.05, 0) is 63.2 Å². The zero-order valence-electron chi connectivity index (χ0n) is 14.5. The van der Waals surface area contributed by atoms with Crippen molar-refractivity contribution in [3.05, 3.63) is 17.8 Å². The van der Waals surface area contributed by atoms with E-state index < -0.39 is 0 Å². The molecule has 0 atom stereocenters. The Balaban J connectivity index is 1.27. The summed E-state index contributed by atoms with van der Waals surface area (Å²) >= 11 is 0. The third kappa shape index (κ3) is 2.24. The quantitative estimate of drug-likeness (QED) is 0.837. The molecule has 0 aromatic carbocycles. The Bertz CT molecular complexity index is 610. The van der Waals surface area contributed by atoms with Crippen molar-refractivity contribution in [2.45, 2.75) is 51.0 Å². The number of aryl methyl sites for hydroxylation is 1. The monoisotopic (exact) mass is 329 g/mol. The molecular formula is C19H27N3O2. The van der Waals surface area contributed by atoms with Crippen molar-refractivity contribution in [2.24, 2.45) is 17.8 Å². The maximum atomic E-state index is 12.6. The van der Waals surface area contributed by atoms with Crippen molar-refractivity contribution in [1.82, 2.24) is 14.8 Å². The third-order valence-corrected chi connectivity index (χ3v) is 7.19. The lowest BCUT2D eigenvalue weighted by Crippen LogP contribution is -2.64. The molecular weight excluding hydrogens is 302 g/mol. The zero-order valence-corrected chi connectivity index (χ0v) is 14.5. The van der Waals surface area contributed by atoms with Crippen molar-refractivity contribution in [3.63, 3.8) is 0 Å². The number of nitrogens with zero attached hydrogens (tertiary/aromatic N) is 3. The lowest BCUT2D eigenvalue weighted by Gasteiger charge is -2.61. The van der Waals surface area contributed by atoms with Crippen LogP contribution in [0.3, 0.4) is 0 Å². The predicted molar refractivity (Wildman–Crippen MR) is 89.6 cm³/mol. The molecule has 0 unspecified atom stereocenters. The summed E-state index contributed by atoms with van der Waals surface area (Å²) in [6, 6.07) is 0. The van der Waals surface area contributed by atoms with E-state index in [0.717, 1.165) is 43.9 Å². The molecule has 1 aromatic rings. The molecule has 130 valence electrons. The molecule has 5 nitrogen and oxygen atoms in total. The first-order valence-corrected chi connectivity index (χ1v) is 9.57. The number of oxazole rings is 1. The molecule has 1 aliphatic heterocycles. The Morgan fingerprint density at radius 1 is 1.08 bits per heavy atom. The maximum absolute atomic E-state index is 12.6. The topological polar surface area (TPSA) is 49.6 Å². The van der Waals surface area contributed by atoms with E-state index in [2.05, 4.69) is 9.88 Å². The fraction of sp³-hybridized carbons (Fsp3) is 0.789. The number of hydrogen-bond donors (Lipinski definition) is 0. The fourth-order valence-corrected chi connectivity index (χ4v) is 6.50. The minimum Gasteiger partial charge on any atom is -0.448 e. The number of carbonyl (C=O) groups is 1. The van der Waals surface area contributed by atoms with Gasteiger partial charge in [-0.15, -0.1) is 0 Å². The smallest absolute Gasteiger partial charge is 0.276 e. The number of carbonyl (C=O) groups excluding carboxylic acids is 1. The molecule has 2 heterocycles. The zero-order chi connectivity index (χ0) is 16.3. The van der Waals surface area contributed by atoms with E-state index in [9.17, 15) is 4.79 Å². The van der Waals surface area contributed by atoms with E-state index in [-0.39, 0.29) is 5.91 Å². The molecule has 6 rings (SSSR count). The van der Waals surface area contributed by atoms with Gasteiger partial charge in [0, 0.05) is 31.7 Å². The lowest BCUT2D eigenvalue weighted by atomic mass is 9.52. The second kappa shape index (κ2) is 5.32. The number of rotatable bonds is 2. The van der Waals surface area contributed by atoms with Crippen molar-refractivity contribution in [2.75, 3.05) is 26.2 Å². The first-order valence-electron chi connectivity index (χ1n) is 9.57. The number of hydrogen-bond acceptors (Lipinski definition) is 4. The Kier molecular flexibility index (Phi) is 3.31. The molecule has 1 saturated heterocycles. The highest BCUT2D eigenvalue weighted by molar-refractivity contribution is 5.93. The molecule has 0 N–H and O–H groups in total. The van der Waals surface area contributed by atoms with Gasteiger partial charge < -0.3 is 9.32 Å². The van der Waals surface area contributed by atoms with Crippen LogP contribution in [-0.4, -0.2) is 52.4 Å². The summed E-state index contributed by atoms with van der Waals surface area (Å²) in [7, 11) is 0. The summed E-state index contributed by atoms with van der Waals surface area (Å²) in [4.78, 5) is 21.4. The second-order valence-electron chi connectivity index (χ2n) is 8.68. The van der Waals surface area contributed by atoms with Crippen LogP contribution >= 0.6 is 0 Å². The van der Waals surface area contributed by atoms with Gasteiger partial charge in [-0.1, -0.05) is 0 Å². The molecule has 4 bridgehead atoms. The Hall–Kier alpha value is -1.36. The molecule has 0 radical (unpaired) electrons. The van der Waals surface area contributed by atoms with E-state index in [1.807, 2.05) is 11.8 Å². The average Bonchev–Trinajstić information content (AvgIpc) is 2.99. The van der Waals surface area contributed by atoms with Crippen molar-refractivity contribution >= 4 is 5.91 Å². The SMILES string of the molecule is Cc1ocnc1C(=O)N1CCN(C23CC4CC(CC(C4)C2)C3)CC1. The summed E-state index contributed by atoms with van der Waals surface area (Å²) < 4.78 is 5.19. The normalized spacial score (nSPS) is 38.7. The van der Waals surface area contributed by atoms with Gasteiger partial charge in [0.1, 0.15) is 5.76 Å². The van der Waals surface area contributed by atoms with Gasteiger partial charge in [-0.2, -0.15) is 0 Å². The molecule has 5 aliphatic rings. The van der Waals surface area contributed by atoms with E-state index in [0.29, 0.717) is 17.0 Å². The largest absolute Gasteiger partial charge is 0.448 e. The molecule has 4 aliphatic carbocycles. The summed E-state index contributed by atoms with van der Waals surface area (Å²) in [6.45, 7) is 5.51. The number of amides is 1. The maximum Gasteiger partial charge on any atom is 0.276 e. The van der Waals surface area contributed by atoms with Gasteiger partial charge in [0.25, 0.3) is 5.91 Å². The van der Waals surface area contributed by atoms with Crippen LogP contribution in [0.1, 0.15) is 54.8 Å². The van der Waals surface area contributed by atoms with E-state index in [1.165, 1.54) is 44.9 Å². The van der Waals surface area contributed by atoms with Crippen LogP contribution in [0.15, 0.2) is 10.8 Å². The molecule has 5 fully saturated rings. The minimum absolute atomic E-state index is 0.0337.